The molecule has 1 aromatic carbocycles. The zero-order valence-corrected chi connectivity index (χ0v) is 13.0. The fourth-order valence-electron chi connectivity index (χ4n) is 2.07. The van der Waals surface area contributed by atoms with E-state index in [1.54, 1.807) is 0 Å². The Morgan fingerprint density at radius 3 is 2.25 bits per heavy atom. The predicted molar refractivity (Wildman–Crippen MR) is 80.7 cm³/mol. The molecule has 20 heavy (non-hydrogen) atoms. The molecule has 0 spiro atoms. The van der Waals surface area contributed by atoms with Gasteiger partial charge in [-0.3, -0.25) is 4.79 Å². The highest BCUT2D eigenvalue weighted by molar-refractivity contribution is 5.72. The van der Waals surface area contributed by atoms with Gasteiger partial charge in [-0.25, -0.2) is 0 Å². The second-order valence-corrected chi connectivity index (χ2v) is 5.81. The number of esters is 1. The minimum absolute atomic E-state index is 0.0216. The molecule has 0 N–H and O–H groups in total. The van der Waals surface area contributed by atoms with Crippen LogP contribution in [0.1, 0.15) is 34.1 Å². The first kappa shape index (κ1) is 16.5. The third-order valence-electron chi connectivity index (χ3n) is 3.17. The first-order valence-corrected chi connectivity index (χ1v) is 7.35. The zero-order valence-electron chi connectivity index (χ0n) is 13.0. The summed E-state index contributed by atoms with van der Waals surface area (Å²) in [5, 5.41) is 0. The van der Waals surface area contributed by atoms with Crippen LogP contribution >= 0.6 is 0 Å². The highest BCUT2D eigenvalue weighted by Crippen LogP contribution is 2.21. The Hall–Kier alpha value is -1.51. The van der Waals surface area contributed by atoms with Crippen molar-refractivity contribution in [1.82, 2.24) is 0 Å². The van der Waals surface area contributed by atoms with Crippen molar-refractivity contribution in [2.45, 2.75) is 34.1 Å². The first-order chi connectivity index (χ1) is 9.50. The molecule has 1 atom stereocenters. The Kier molecular flexibility index (Phi) is 7.13. The lowest BCUT2D eigenvalue weighted by Gasteiger charge is -2.21. The van der Waals surface area contributed by atoms with E-state index in [0.717, 1.165) is 12.2 Å². The van der Waals surface area contributed by atoms with Crippen LogP contribution in [0.15, 0.2) is 30.3 Å². The maximum absolute atomic E-state index is 12.1. The van der Waals surface area contributed by atoms with Gasteiger partial charge in [-0.15, -0.1) is 0 Å². The highest BCUT2D eigenvalue weighted by Gasteiger charge is 2.24. The summed E-state index contributed by atoms with van der Waals surface area (Å²) in [7, 11) is 0. The zero-order chi connectivity index (χ0) is 15.0. The minimum Gasteiger partial charge on any atom is -0.490 e. The van der Waals surface area contributed by atoms with Crippen LogP contribution in [0.5, 0.6) is 5.75 Å². The largest absolute Gasteiger partial charge is 0.490 e. The molecule has 0 aliphatic carbocycles. The summed E-state index contributed by atoms with van der Waals surface area (Å²) in [5.41, 5.74) is 0. The fraction of sp³-hybridized carbons (Fsp3) is 0.588. The fourth-order valence-corrected chi connectivity index (χ4v) is 2.07. The monoisotopic (exact) mass is 278 g/mol. The van der Waals surface area contributed by atoms with Crippen molar-refractivity contribution in [3.05, 3.63) is 30.3 Å². The molecule has 0 saturated carbocycles. The van der Waals surface area contributed by atoms with E-state index in [1.807, 2.05) is 30.3 Å². The third kappa shape index (κ3) is 6.09. The minimum atomic E-state index is -0.106. The highest BCUT2D eigenvalue weighted by atomic mass is 16.6. The summed E-state index contributed by atoms with van der Waals surface area (Å²) < 4.78 is 10.8. The number of benzene rings is 1. The van der Waals surface area contributed by atoms with Crippen LogP contribution < -0.4 is 4.74 Å². The third-order valence-corrected chi connectivity index (χ3v) is 3.17. The van der Waals surface area contributed by atoms with Gasteiger partial charge in [0.05, 0.1) is 5.92 Å². The second kappa shape index (κ2) is 8.62. The second-order valence-electron chi connectivity index (χ2n) is 5.81. The van der Waals surface area contributed by atoms with Crippen LogP contribution in [-0.2, 0) is 9.53 Å². The molecule has 0 heterocycles. The number of ether oxygens (including phenoxy) is 2. The van der Waals surface area contributed by atoms with Gasteiger partial charge in [0.25, 0.3) is 0 Å². The number of carbonyl (C=O) groups excluding carboxylic acids is 1. The molecule has 1 rings (SSSR count). The van der Waals surface area contributed by atoms with Crippen molar-refractivity contribution in [3.8, 4) is 5.75 Å². The number of hydrogen-bond donors (Lipinski definition) is 0. The van der Waals surface area contributed by atoms with E-state index in [-0.39, 0.29) is 11.9 Å². The molecule has 112 valence electrons. The molecule has 0 aliphatic rings. The van der Waals surface area contributed by atoms with E-state index in [0.29, 0.717) is 25.0 Å². The topological polar surface area (TPSA) is 35.5 Å². The van der Waals surface area contributed by atoms with E-state index in [9.17, 15) is 4.79 Å². The number of hydrogen-bond acceptors (Lipinski definition) is 3. The predicted octanol–water partition coefficient (Wildman–Crippen LogP) is 3.93. The van der Waals surface area contributed by atoms with Crippen molar-refractivity contribution in [2.75, 3.05) is 13.2 Å². The smallest absolute Gasteiger partial charge is 0.309 e. The summed E-state index contributed by atoms with van der Waals surface area (Å²) >= 11 is 0. The van der Waals surface area contributed by atoms with Gasteiger partial charge in [-0.1, -0.05) is 45.9 Å². The Labute approximate surface area is 122 Å². The molecule has 0 radical (unpaired) electrons. The summed E-state index contributed by atoms with van der Waals surface area (Å²) in [6.07, 6.45) is 0.871. The van der Waals surface area contributed by atoms with Gasteiger partial charge in [-0.2, -0.15) is 0 Å². The average molecular weight is 278 g/mol. The van der Waals surface area contributed by atoms with Crippen molar-refractivity contribution in [2.24, 2.45) is 17.8 Å². The van der Waals surface area contributed by atoms with Crippen molar-refractivity contribution in [3.63, 3.8) is 0 Å². The van der Waals surface area contributed by atoms with Gasteiger partial charge >= 0.3 is 5.97 Å². The lowest BCUT2D eigenvalue weighted by atomic mass is 9.88. The lowest BCUT2D eigenvalue weighted by Crippen LogP contribution is -2.26. The van der Waals surface area contributed by atoms with Gasteiger partial charge < -0.3 is 9.47 Å². The normalized spacial score (nSPS) is 12.5. The molecular weight excluding hydrogens is 252 g/mol. The maximum Gasteiger partial charge on any atom is 0.309 e. The molecule has 0 bridgehead atoms. The van der Waals surface area contributed by atoms with Crippen LogP contribution in [-0.4, -0.2) is 19.2 Å². The van der Waals surface area contributed by atoms with E-state index in [4.69, 9.17) is 9.47 Å². The Morgan fingerprint density at radius 1 is 1.05 bits per heavy atom. The van der Waals surface area contributed by atoms with Gasteiger partial charge in [0.15, 0.2) is 0 Å². The standard InChI is InChI=1S/C17H26O3/c1-13(2)12-16(14(3)4)17(18)20-11-10-19-15-8-6-5-7-9-15/h5-9,13-14,16H,10-12H2,1-4H3. The van der Waals surface area contributed by atoms with Crippen LogP contribution in [0.25, 0.3) is 0 Å². The Bertz CT molecular complexity index is 384. The Balaban J connectivity index is 2.30. The van der Waals surface area contributed by atoms with Crippen molar-refractivity contribution in [1.29, 1.82) is 0 Å². The van der Waals surface area contributed by atoms with Gasteiger partial charge in [0, 0.05) is 0 Å². The van der Waals surface area contributed by atoms with Crippen LogP contribution in [0, 0.1) is 17.8 Å². The van der Waals surface area contributed by atoms with Crippen LogP contribution in [0.4, 0.5) is 0 Å². The lowest BCUT2D eigenvalue weighted by molar-refractivity contribution is -0.151. The van der Waals surface area contributed by atoms with Crippen LogP contribution in [0.2, 0.25) is 0 Å². The molecule has 0 saturated heterocycles. The van der Waals surface area contributed by atoms with E-state index >= 15 is 0 Å². The average Bonchev–Trinajstić information content (AvgIpc) is 2.41. The van der Waals surface area contributed by atoms with E-state index in [2.05, 4.69) is 27.7 Å². The summed E-state index contributed by atoms with van der Waals surface area (Å²) in [5.74, 6) is 1.47. The number of para-hydroxylation sites is 1. The molecule has 0 aromatic heterocycles. The number of rotatable bonds is 8. The quantitative estimate of drug-likeness (QED) is 0.534. The molecule has 1 aromatic rings. The summed E-state index contributed by atoms with van der Waals surface area (Å²) in [6, 6.07) is 9.54. The molecule has 0 amide bonds. The van der Waals surface area contributed by atoms with Gasteiger partial charge in [0.1, 0.15) is 19.0 Å². The molecule has 1 unspecified atom stereocenters. The molecular formula is C17H26O3. The van der Waals surface area contributed by atoms with Gasteiger partial charge in [0.2, 0.25) is 0 Å². The van der Waals surface area contributed by atoms with Crippen molar-refractivity contribution >= 4 is 5.97 Å². The Morgan fingerprint density at radius 2 is 1.70 bits per heavy atom. The van der Waals surface area contributed by atoms with E-state index in [1.165, 1.54) is 0 Å². The first-order valence-electron chi connectivity index (χ1n) is 7.35. The number of carbonyl (C=O) groups is 1. The van der Waals surface area contributed by atoms with Gasteiger partial charge in [-0.05, 0) is 30.4 Å². The SMILES string of the molecule is CC(C)CC(C(=O)OCCOc1ccccc1)C(C)C. The molecule has 0 aliphatic heterocycles. The summed E-state index contributed by atoms with van der Waals surface area (Å²) in [6.45, 7) is 9.07. The molecule has 0 fully saturated rings. The molecule has 3 nitrogen and oxygen atoms in total. The molecule has 3 heteroatoms. The van der Waals surface area contributed by atoms with Crippen molar-refractivity contribution < 1.29 is 14.3 Å². The maximum atomic E-state index is 12.1. The van der Waals surface area contributed by atoms with Crippen LogP contribution in [0.3, 0.4) is 0 Å². The summed E-state index contributed by atoms with van der Waals surface area (Å²) in [4.78, 5) is 12.1. The van der Waals surface area contributed by atoms with E-state index < -0.39 is 0 Å².